The molecule has 0 bridgehead atoms. The number of aromatic nitrogens is 4. The lowest BCUT2D eigenvalue weighted by atomic mass is 10.1. The highest BCUT2D eigenvalue weighted by Crippen LogP contribution is 2.28. The summed E-state index contributed by atoms with van der Waals surface area (Å²) in [5.74, 6) is 2.56. The molecule has 9 heteroatoms. The lowest BCUT2D eigenvalue weighted by Gasteiger charge is -2.05. The van der Waals surface area contributed by atoms with E-state index in [4.69, 9.17) is 14.0 Å². The largest absolute Gasteiger partial charge is 0.497 e. The van der Waals surface area contributed by atoms with E-state index in [2.05, 4.69) is 20.1 Å². The molecule has 0 aliphatic rings. The Morgan fingerprint density at radius 2 is 1.90 bits per heavy atom. The van der Waals surface area contributed by atoms with Gasteiger partial charge in [-0.05, 0) is 24.3 Å². The molecule has 0 fully saturated rings. The van der Waals surface area contributed by atoms with Crippen LogP contribution in [0.2, 0.25) is 0 Å². The second-order valence-electron chi connectivity index (χ2n) is 6.17. The number of nitrogens with one attached hydrogen (secondary N) is 1. The van der Waals surface area contributed by atoms with Gasteiger partial charge >= 0.3 is 0 Å². The molecule has 4 aromatic rings. The van der Waals surface area contributed by atoms with Crippen molar-refractivity contribution in [2.75, 3.05) is 14.2 Å². The van der Waals surface area contributed by atoms with Gasteiger partial charge in [-0.3, -0.25) is 4.79 Å². The molecule has 2 heterocycles. The number of para-hydroxylation sites is 1. The van der Waals surface area contributed by atoms with Crippen LogP contribution in [0, 0.1) is 0 Å². The topological polar surface area (TPSA) is 103 Å². The van der Waals surface area contributed by atoms with Crippen LogP contribution in [0.4, 0.5) is 0 Å². The summed E-state index contributed by atoms with van der Waals surface area (Å²) in [5, 5.41) is 4.48. The van der Waals surface area contributed by atoms with E-state index < -0.39 is 0 Å². The van der Waals surface area contributed by atoms with Gasteiger partial charge in [0.2, 0.25) is 11.7 Å². The third kappa shape index (κ3) is 4.36. The number of methoxy groups -OCH3 is 2. The van der Waals surface area contributed by atoms with Crippen LogP contribution in [0.3, 0.4) is 0 Å². The number of H-pyrrole nitrogens is 1. The van der Waals surface area contributed by atoms with Crippen LogP contribution in [0.1, 0.15) is 5.89 Å². The zero-order valence-electron chi connectivity index (χ0n) is 16.3. The summed E-state index contributed by atoms with van der Waals surface area (Å²) < 4.78 is 15.9. The third-order valence-electron chi connectivity index (χ3n) is 4.23. The normalized spacial score (nSPS) is 10.7. The lowest BCUT2D eigenvalue weighted by molar-refractivity contribution is 0.390. The zero-order chi connectivity index (χ0) is 20.9. The van der Waals surface area contributed by atoms with Crippen molar-refractivity contribution in [3.63, 3.8) is 0 Å². The minimum Gasteiger partial charge on any atom is -0.497 e. The average molecular weight is 422 g/mol. The van der Waals surface area contributed by atoms with E-state index in [0.29, 0.717) is 39.8 Å². The number of benzene rings is 2. The molecule has 0 unspecified atom stereocenters. The van der Waals surface area contributed by atoms with Gasteiger partial charge in [0.15, 0.2) is 5.16 Å². The predicted octanol–water partition coefficient (Wildman–Crippen LogP) is 3.80. The van der Waals surface area contributed by atoms with Gasteiger partial charge in [-0.2, -0.15) is 4.98 Å². The summed E-state index contributed by atoms with van der Waals surface area (Å²) in [4.78, 5) is 23.8. The van der Waals surface area contributed by atoms with E-state index in [-0.39, 0.29) is 5.56 Å². The van der Waals surface area contributed by atoms with Crippen molar-refractivity contribution in [3.8, 4) is 34.1 Å². The van der Waals surface area contributed by atoms with E-state index in [0.717, 1.165) is 11.1 Å². The molecule has 8 nitrogen and oxygen atoms in total. The van der Waals surface area contributed by atoms with Crippen molar-refractivity contribution >= 4 is 11.8 Å². The Bertz CT molecular complexity index is 1220. The van der Waals surface area contributed by atoms with Gasteiger partial charge in [0.05, 0.1) is 31.2 Å². The van der Waals surface area contributed by atoms with Crippen LogP contribution in [-0.2, 0) is 5.75 Å². The van der Waals surface area contributed by atoms with E-state index in [1.54, 1.807) is 14.2 Å². The lowest BCUT2D eigenvalue weighted by Crippen LogP contribution is -2.08. The quantitative estimate of drug-likeness (QED) is 0.354. The minimum absolute atomic E-state index is 0.245. The van der Waals surface area contributed by atoms with Gasteiger partial charge in [0.1, 0.15) is 11.5 Å². The number of ether oxygens (including phenoxy) is 2. The van der Waals surface area contributed by atoms with Crippen molar-refractivity contribution in [3.05, 3.63) is 70.8 Å². The molecule has 0 aliphatic heterocycles. The molecule has 4 rings (SSSR count). The van der Waals surface area contributed by atoms with Crippen molar-refractivity contribution in [2.24, 2.45) is 0 Å². The van der Waals surface area contributed by atoms with Gasteiger partial charge in [-0.25, -0.2) is 4.98 Å². The Morgan fingerprint density at radius 3 is 2.73 bits per heavy atom. The summed E-state index contributed by atoms with van der Waals surface area (Å²) in [7, 11) is 3.18. The number of hydrogen-bond acceptors (Lipinski definition) is 8. The van der Waals surface area contributed by atoms with Gasteiger partial charge < -0.3 is 19.0 Å². The Balaban J connectivity index is 1.53. The summed E-state index contributed by atoms with van der Waals surface area (Å²) in [6.45, 7) is 0. The molecule has 152 valence electrons. The number of hydrogen-bond donors (Lipinski definition) is 1. The highest BCUT2D eigenvalue weighted by atomic mass is 32.2. The standard InChI is InChI=1S/C21H18N4O4S/c1-27-14-7-5-6-13(10-14)16-11-18(26)23-21(22-16)30-12-19-24-20(25-29-19)15-8-3-4-9-17(15)28-2/h3-11H,12H2,1-2H3,(H,22,23,26). The number of rotatable bonds is 7. The van der Waals surface area contributed by atoms with Crippen molar-refractivity contribution < 1.29 is 14.0 Å². The molecule has 2 aromatic heterocycles. The molecule has 0 atom stereocenters. The van der Waals surface area contributed by atoms with Crippen LogP contribution in [0.15, 0.2) is 69.1 Å². The molecular weight excluding hydrogens is 404 g/mol. The van der Waals surface area contributed by atoms with Crippen molar-refractivity contribution in [1.82, 2.24) is 20.1 Å². The Morgan fingerprint density at radius 1 is 1.03 bits per heavy atom. The van der Waals surface area contributed by atoms with Gasteiger partial charge in [-0.15, -0.1) is 0 Å². The Labute approximate surface area is 176 Å². The molecule has 0 saturated heterocycles. The molecule has 1 N–H and O–H groups in total. The van der Waals surface area contributed by atoms with E-state index in [1.165, 1.54) is 17.8 Å². The van der Waals surface area contributed by atoms with Crippen molar-refractivity contribution in [2.45, 2.75) is 10.9 Å². The number of aromatic amines is 1. The molecule has 2 aromatic carbocycles. The Hall–Kier alpha value is -3.59. The van der Waals surface area contributed by atoms with Gasteiger partial charge in [0.25, 0.3) is 5.56 Å². The first-order chi connectivity index (χ1) is 14.7. The maximum Gasteiger partial charge on any atom is 0.252 e. The highest BCUT2D eigenvalue weighted by Gasteiger charge is 2.14. The summed E-state index contributed by atoms with van der Waals surface area (Å²) in [6, 6.07) is 16.3. The third-order valence-corrected chi connectivity index (χ3v) is 5.09. The molecule has 0 radical (unpaired) electrons. The van der Waals surface area contributed by atoms with Crippen LogP contribution in [0.5, 0.6) is 11.5 Å². The fraction of sp³-hybridized carbons (Fsp3) is 0.143. The fourth-order valence-electron chi connectivity index (χ4n) is 2.82. The van der Waals surface area contributed by atoms with E-state index in [9.17, 15) is 4.79 Å². The fourth-order valence-corrected chi connectivity index (χ4v) is 3.53. The van der Waals surface area contributed by atoms with Crippen LogP contribution in [-0.4, -0.2) is 34.3 Å². The monoisotopic (exact) mass is 422 g/mol. The summed E-state index contributed by atoms with van der Waals surface area (Å²) in [5.41, 5.74) is 1.84. The molecular formula is C21H18N4O4S. The first-order valence-electron chi connectivity index (χ1n) is 9.01. The van der Waals surface area contributed by atoms with Crippen molar-refractivity contribution in [1.29, 1.82) is 0 Å². The second kappa shape index (κ2) is 8.83. The van der Waals surface area contributed by atoms with Gasteiger partial charge in [-0.1, -0.05) is 41.2 Å². The SMILES string of the molecule is COc1cccc(-c2cc(=O)[nH]c(SCc3nc(-c4ccccc4OC)no3)n2)c1. The summed E-state index contributed by atoms with van der Waals surface area (Å²) in [6.07, 6.45) is 0. The van der Waals surface area contributed by atoms with Crippen LogP contribution in [0.25, 0.3) is 22.6 Å². The van der Waals surface area contributed by atoms with Crippen LogP contribution >= 0.6 is 11.8 Å². The van der Waals surface area contributed by atoms with Crippen LogP contribution < -0.4 is 15.0 Å². The maximum absolute atomic E-state index is 12.1. The smallest absolute Gasteiger partial charge is 0.252 e. The molecule has 0 amide bonds. The van der Waals surface area contributed by atoms with E-state index >= 15 is 0 Å². The number of thioether (sulfide) groups is 1. The number of nitrogens with zero attached hydrogens (tertiary/aromatic N) is 3. The zero-order valence-corrected chi connectivity index (χ0v) is 17.1. The maximum atomic E-state index is 12.1. The predicted molar refractivity (Wildman–Crippen MR) is 113 cm³/mol. The van der Waals surface area contributed by atoms with E-state index in [1.807, 2.05) is 48.5 Å². The summed E-state index contributed by atoms with van der Waals surface area (Å²) >= 11 is 1.30. The van der Waals surface area contributed by atoms with Gasteiger partial charge in [0, 0.05) is 11.6 Å². The first kappa shape index (κ1) is 19.7. The Kier molecular flexibility index (Phi) is 5.80. The highest BCUT2D eigenvalue weighted by molar-refractivity contribution is 7.98. The molecule has 0 spiro atoms. The first-order valence-corrected chi connectivity index (χ1v) is 9.99. The average Bonchev–Trinajstić information content (AvgIpc) is 3.26. The molecule has 0 saturated carbocycles. The molecule has 30 heavy (non-hydrogen) atoms. The molecule has 0 aliphatic carbocycles. The minimum atomic E-state index is -0.245. The second-order valence-corrected chi connectivity index (χ2v) is 7.13.